The van der Waals surface area contributed by atoms with E-state index in [4.69, 9.17) is 0 Å². The second-order valence-electron chi connectivity index (χ2n) is 37.4. The molecule has 2 aliphatic heterocycles. The van der Waals surface area contributed by atoms with Crippen molar-refractivity contribution in [3.05, 3.63) is 355 Å². The van der Waals surface area contributed by atoms with E-state index < -0.39 is 0 Å². The molecule has 4 nitrogen and oxygen atoms in total. The van der Waals surface area contributed by atoms with Gasteiger partial charge in [0, 0.05) is 67.0 Å². The quantitative estimate of drug-likeness (QED) is 0.127. The minimum absolute atomic E-state index is 0.0514. The molecule has 0 saturated heterocycles. The van der Waals surface area contributed by atoms with Gasteiger partial charge in [0.1, 0.15) is 0 Å². The predicted octanol–water partition coefficient (Wildman–Crippen LogP) is 28.5. The second-order valence-corrected chi connectivity index (χ2v) is 37.4. The molecular formula is C110H99BN4. The van der Waals surface area contributed by atoms with Crippen LogP contribution in [0.5, 0.6) is 0 Å². The number of benzene rings is 15. The van der Waals surface area contributed by atoms with Crippen molar-refractivity contribution in [1.29, 1.82) is 0 Å². The lowest BCUT2D eigenvalue weighted by Gasteiger charge is -2.45. The predicted molar refractivity (Wildman–Crippen MR) is 495 cm³/mol. The van der Waals surface area contributed by atoms with E-state index in [0.717, 1.165) is 45.3 Å². The van der Waals surface area contributed by atoms with Gasteiger partial charge in [-0.15, -0.1) is 0 Å². The molecule has 5 heteroatoms. The number of hydrogen-bond donors (Lipinski definition) is 0. The fourth-order valence-electron chi connectivity index (χ4n) is 18.4. The zero-order valence-corrected chi connectivity index (χ0v) is 69.0. The van der Waals surface area contributed by atoms with Crippen LogP contribution in [0, 0.1) is 0 Å². The van der Waals surface area contributed by atoms with Gasteiger partial charge in [0.2, 0.25) is 0 Å². The topological polar surface area (TPSA) is 16.3 Å². The molecule has 0 N–H and O–H groups in total. The average molecular weight is 1490 g/mol. The van der Waals surface area contributed by atoms with E-state index in [1.807, 2.05) is 0 Å². The summed E-state index contributed by atoms with van der Waals surface area (Å²) in [6.07, 6.45) is 0. The van der Waals surface area contributed by atoms with Crippen molar-refractivity contribution in [3.63, 3.8) is 0 Å². The Balaban J connectivity index is 0.893. The van der Waals surface area contributed by atoms with Crippen LogP contribution in [0.4, 0.5) is 34.1 Å². The Morgan fingerprint density at radius 1 is 0.209 bits per heavy atom. The van der Waals surface area contributed by atoms with Crippen LogP contribution in [0.15, 0.2) is 328 Å². The first-order chi connectivity index (χ1) is 55.2. The van der Waals surface area contributed by atoms with Crippen LogP contribution in [0.3, 0.4) is 0 Å². The van der Waals surface area contributed by atoms with E-state index in [0.29, 0.717) is 0 Å². The minimum Gasteiger partial charge on any atom is -0.311 e. The summed E-state index contributed by atoms with van der Waals surface area (Å²) in [7, 11) is 0. The maximum atomic E-state index is 2.64. The molecule has 0 bridgehead atoms. The SMILES string of the molecule is CC(C)(C)c1cc2c3c(c1)N(c1ccc(-c4c(-c5ccccc5)cccc4-c4ccccc4)cc1)c1cc(-n4c5ccc(C(C)(C)C)cc5c5cc(C(C)(C)C)ccc54)ccc1B3c1ccc(-n3c4ccc(C(C)(C)C)cc4c4cc(C(C)(C)C)ccc43)cc1N2c1ccc(-c2c(-c3ccccc3)cccc2-c2ccccc2)cc1. The van der Waals surface area contributed by atoms with Gasteiger partial charge in [0.25, 0.3) is 6.71 Å². The maximum absolute atomic E-state index is 2.64. The fraction of sp³-hybridized carbons (Fsp3) is 0.182. The first-order valence-electron chi connectivity index (χ1n) is 41.2. The van der Waals surface area contributed by atoms with Crippen molar-refractivity contribution >= 4 is 101 Å². The summed E-state index contributed by atoms with van der Waals surface area (Å²) in [5.41, 5.74) is 37.8. The highest BCUT2D eigenvalue weighted by Gasteiger charge is 2.45. The lowest BCUT2D eigenvalue weighted by molar-refractivity contribution is 0.590. The number of nitrogens with zero attached hydrogens (tertiary/aromatic N) is 4. The summed E-state index contributed by atoms with van der Waals surface area (Å²) < 4.78 is 5.11. The molecule has 0 amide bonds. The number of anilines is 6. The zero-order chi connectivity index (χ0) is 79.4. The molecule has 17 aromatic rings. The molecule has 15 aromatic carbocycles. The van der Waals surface area contributed by atoms with Crippen molar-refractivity contribution in [1.82, 2.24) is 9.13 Å². The Kier molecular flexibility index (Phi) is 17.2. The van der Waals surface area contributed by atoms with Crippen molar-refractivity contribution in [2.75, 3.05) is 9.80 Å². The third kappa shape index (κ3) is 12.5. The van der Waals surface area contributed by atoms with Gasteiger partial charge in [0.15, 0.2) is 0 Å². The summed E-state index contributed by atoms with van der Waals surface area (Å²) in [6, 6.07) is 125. The van der Waals surface area contributed by atoms with Gasteiger partial charge in [0.05, 0.1) is 22.1 Å². The van der Waals surface area contributed by atoms with E-state index in [1.165, 1.54) is 155 Å². The molecule has 0 radical (unpaired) electrons. The zero-order valence-electron chi connectivity index (χ0n) is 69.0. The van der Waals surface area contributed by atoms with Gasteiger partial charge in [-0.2, -0.15) is 0 Å². The minimum atomic E-state index is -0.290. The van der Waals surface area contributed by atoms with Crippen LogP contribution >= 0.6 is 0 Å². The smallest absolute Gasteiger partial charge is 0.252 e. The van der Waals surface area contributed by atoms with Crippen LogP contribution in [0.2, 0.25) is 0 Å². The maximum Gasteiger partial charge on any atom is 0.252 e. The molecule has 0 spiro atoms. The van der Waals surface area contributed by atoms with E-state index in [9.17, 15) is 0 Å². The summed E-state index contributed by atoms with van der Waals surface area (Å²) in [6.45, 7) is 35.0. The number of hydrogen-bond acceptors (Lipinski definition) is 2. The monoisotopic (exact) mass is 1490 g/mol. The Morgan fingerprint density at radius 2 is 0.478 bits per heavy atom. The van der Waals surface area contributed by atoms with Crippen LogP contribution in [-0.4, -0.2) is 15.8 Å². The van der Waals surface area contributed by atoms with Gasteiger partial charge < -0.3 is 18.9 Å². The third-order valence-electron chi connectivity index (χ3n) is 24.7. The highest BCUT2D eigenvalue weighted by molar-refractivity contribution is 7.00. The summed E-state index contributed by atoms with van der Waals surface area (Å²) in [4.78, 5) is 5.28. The van der Waals surface area contributed by atoms with Crippen molar-refractivity contribution in [2.24, 2.45) is 0 Å². The molecular weight excluding hydrogens is 1390 g/mol. The van der Waals surface area contributed by atoms with Crippen molar-refractivity contribution < 1.29 is 0 Å². The third-order valence-corrected chi connectivity index (χ3v) is 24.7. The average Bonchev–Trinajstić information content (AvgIpc) is 1.03. The van der Waals surface area contributed by atoms with Crippen LogP contribution in [0.25, 0.3) is 122 Å². The molecule has 0 fully saturated rings. The summed E-state index contributed by atoms with van der Waals surface area (Å²) in [5.74, 6) is 0. The number of aromatic nitrogens is 2. The van der Waals surface area contributed by atoms with Crippen LogP contribution in [0.1, 0.15) is 132 Å². The number of fused-ring (bicyclic) bond motifs is 10. The Morgan fingerprint density at radius 3 is 0.748 bits per heavy atom. The first kappa shape index (κ1) is 72.8. The molecule has 0 unspecified atom stereocenters. The second kappa shape index (κ2) is 27.1. The highest BCUT2D eigenvalue weighted by atomic mass is 15.2. The van der Waals surface area contributed by atoms with E-state index in [-0.39, 0.29) is 33.8 Å². The van der Waals surface area contributed by atoms with Gasteiger partial charge in [-0.3, -0.25) is 0 Å². The number of rotatable bonds is 10. The van der Waals surface area contributed by atoms with Gasteiger partial charge in [-0.25, -0.2) is 0 Å². The van der Waals surface area contributed by atoms with Crippen molar-refractivity contribution in [2.45, 2.75) is 131 Å². The van der Waals surface area contributed by atoms with E-state index >= 15 is 0 Å². The van der Waals surface area contributed by atoms with Crippen molar-refractivity contribution in [3.8, 4) is 78.1 Å². The van der Waals surface area contributed by atoms with E-state index in [2.05, 4.69) is 450 Å². The van der Waals surface area contributed by atoms with Gasteiger partial charge in [-0.05, 0) is 247 Å². The molecule has 2 aromatic heterocycles. The molecule has 0 aliphatic carbocycles. The van der Waals surface area contributed by atoms with Crippen LogP contribution in [-0.2, 0) is 27.1 Å². The highest BCUT2D eigenvalue weighted by Crippen LogP contribution is 2.51. The first-order valence-corrected chi connectivity index (χ1v) is 41.2. The molecule has 115 heavy (non-hydrogen) atoms. The van der Waals surface area contributed by atoms with E-state index in [1.54, 1.807) is 0 Å². The lowest BCUT2D eigenvalue weighted by Crippen LogP contribution is -2.61. The Bertz CT molecular complexity index is 6030. The molecule has 4 heterocycles. The molecule has 2 aliphatic rings. The molecule has 0 atom stereocenters. The van der Waals surface area contributed by atoms with Gasteiger partial charge in [-0.1, -0.05) is 322 Å². The Labute approximate surface area is 679 Å². The molecule has 19 rings (SSSR count). The Hall–Kier alpha value is -12.4. The largest absolute Gasteiger partial charge is 0.311 e. The standard InChI is InChI=1S/C110H99BN4/c1-106(2,3)76-46-58-95-89(62-76)90-63-77(107(4,5)6)47-59-96(90)114(95)83-54-56-93-99(68-83)112(81-50-42-74(43-51-81)103-85(70-30-20-16-21-31-70)38-28-39-86(103)71-32-22-17-23-33-71)101-66-80(110(13,14)15)67-102-105(101)111(93)94-57-55-84(115-97-60-48-78(108(7,8)9)64-91(97)92-65-79(109(10,11)12)49-61-98(92)115)69-100(94)113(102)82-52-44-75(45-53-82)104-87(72-34-24-18-25-35-72)40-29-41-88(104)73-36-26-19-27-37-73/h16-69H,1-15H3. The normalized spacial score (nSPS) is 13.1. The fourth-order valence-corrected chi connectivity index (χ4v) is 18.4. The molecule has 0 saturated carbocycles. The summed E-state index contributed by atoms with van der Waals surface area (Å²) in [5, 5.41) is 5.07. The lowest BCUT2D eigenvalue weighted by atomic mass is 9.33. The summed E-state index contributed by atoms with van der Waals surface area (Å²) >= 11 is 0. The van der Waals surface area contributed by atoms with Gasteiger partial charge >= 0.3 is 0 Å². The molecule has 562 valence electrons. The van der Waals surface area contributed by atoms with Crippen LogP contribution < -0.4 is 26.2 Å².